The van der Waals surface area contributed by atoms with Gasteiger partial charge in [0.2, 0.25) is 21.7 Å². The maximum Gasteiger partial charge on any atom is 0.248 e. The minimum atomic E-state index is -3.87. The van der Waals surface area contributed by atoms with Crippen LogP contribution in [0.2, 0.25) is 0 Å². The van der Waals surface area contributed by atoms with Gasteiger partial charge in [-0.3, -0.25) is 14.3 Å². The Bertz CT molecular complexity index is 1580. The number of anilines is 1. The molecule has 0 aliphatic heterocycles. The maximum atomic E-state index is 15.2. The third kappa shape index (κ3) is 4.76. The van der Waals surface area contributed by atoms with E-state index in [1.165, 1.54) is 12.4 Å². The number of aromatic amines is 1. The summed E-state index contributed by atoms with van der Waals surface area (Å²) in [5, 5.41) is 0.285. The third-order valence-electron chi connectivity index (χ3n) is 5.31. The lowest BCUT2D eigenvalue weighted by molar-refractivity contribution is 0.0998. The summed E-state index contributed by atoms with van der Waals surface area (Å²) < 4.78 is 55.9. The fourth-order valence-electron chi connectivity index (χ4n) is 3.66. The van der Waals surface area contributed by atoms with Gasteiger partial charge in [-0.1, -0.05) is 19.1 Å². The first kappa shape index (κ1) is 24.0. The van der Waals surface area contributed by atoms with Gasteiger partial charge in [0.25, 0.3) is 0 Å². The number of rotatable bonds is 8. The Morgan fingerprint density at radius 1 is 1.11 bits per heavy atom. The number of nitrogens with two attached hydrogens (primary N) is 1. The van der Waals surface area contributed by atoms with Crippen molar-refractivity contribution in [1.82, 2.24) is 9.97 Å². The van der Waals surface area contributed by atoms with E-state index in [-0.39, 0.29) is 28.7 Å². The van der Waals surface area contributed by atoms with Crippen LogP contribution in [0.3, 0.4) is 0 Å². The molecule has 0 unspecified atom stereocenters. The van der Waals surface area contributed by atoms with Crippen molar-refractivity contribution in [3.63, 3.8) is 0 Å². The molecule has 11 heteroatoms. The van der Waals surface area contributed by atoms with Crippen LogP contribution >= 0.6 is 0 Å². The number of sulfonamides is 1. The topological polar surface area (TPSA) is 135 Å². The highest BCUT2D eigenvalue weighted by Crippen LogP contribution is 2.30. The van der Waals surface area contributed by atoms with Gasteiger partial charge in [0.15, 0.2) is 5.82 Å². The molecule has 0 saturated heterocycles. The van der Waals surface area contributed by atoms with E-state index >= 15 is 4.39 Å². The van der Waals surface area contributed by atoms with E-state index in [0.717, 1.165) is 12.1 Å². The highest BCUT2D eigenvalue weighted by atomic mass is 32.2. The number of benzene rings is 2. The second-order valence-electron chi connectivity index (χ2n) is 7.80. The highest BCUT2D eigenvalue weighted by molar-refractivity contribution is 7.92. The standard InChI is InChI=1S/C24H20F2N4O4S/c1-2-8-35(33,34)30-19-7-6-18(25)20(21(19)26)22(31)17-12-29-24-16(17)10-15(11-28-24)13-4-3-5-14(9-13)23(27)32/h3-7,9-12,30H,2,8H2,1H3,(H2,27,32)(H,28,29). The molecule has 4 aromatic rings. The van der Waals surface area contributed by atoms with Gasteiger partial charge in [-0.15, -0.1) is 0 Å². The molecule has 4 N–H and O–H groups in total. The number of nitrogens with one attached hydrogen (secondary N) is 2. The number of carbonyl (C=O) groups is 2. The summed E-state index contributed by atoms with van der Waals surface area (Å²) in [6.45, 7) is 1.64. The number of ketones is 1. The largest absolute Gasteiger partial charge is 0.366 e. The number of nitrogens with zero attached hydrogens (tertiary/aromatic N) is 1. The van der Waals surface area contributed by atoms with Crippen molar-refractivity contribution in [2.24, 2.45) is 5.73 Å². The minimum Gasteiger partial charge on any atom is -0.366 e. The predicted octanol–water partition coefficient (Wildman–Crippen LogP) is 3.99. The van der Waals surface area contributed by atoms with Gasteiger partial charge in [-0.2, -0.15) is 0 Å². The van der Waals surface area contributed by atoms with Crippen molar-refractivity contribution in [1.29, 1.82) is 0 Å². The number of aromatic nitrogens is 2. The summed E-state index contributed by atoms with van der Waals surface area (Å²) in [6.07, 6.45) is 3.07. The number of primary amides is 1. The van der Waals surface area contributed by atoms with Crippen LogP contribution in [0.1, 0.15) is 39.6 Å². The molecule has 8 nitrogen and oxygen atoms in total. The van der Waals surface area contributed by atoms with E-state index in [4.69, 9.17) is 5.73 Å². The second-order valence-corrected chi connectivity index (χ2v) is 9.64. The van der Waals surface area contributed by atoms with Crippen molar-refractivity contribution in [2.75, 3.05) is 10.5 Å². The number of pyridine rings is 1. The number of H-pyrrole nitrogens is 1. The number of carbonyl (C=O) groups excluding carboxylic acids is 2. The predicted molar refractivity (Wildman–Crippen MR) is 128 cm³/mol. The number of hydrogen-bond acceptors (Lipinski definition) is 5. The first-order chi connectivity index (χ1) is 16.6. The Labute approximate surface area is 199 Å². The zero-order chi connectivity index (χ0) is 25.3. The van der Waals surface area contributed by atoms with Crippen LogP contribution < -0.4 is 10.5 Å². The number of hydrogen-bond donors (Lipinski definition) is 3. The van der Waals surface area contributed by atoms with E-state index in [2.05, 4.69) is 14.7 Å². The fraction of sp³-hybridized carbons (Fsp3) is 0.125. The van der Waals surface area contributed by atoms with Crippen LogP contribution in [-0.4, -0.2) is 35.8 Å². The summed E-state index contributed by atoms with van der Waals surface area (Å²) in [5.41, 5.74) is 5.56. The maximum absolute atomic E-state index is 15.2. The second kappa shape index (κ2) is 9.26. The number of halogens is 2. The van der Waals surface area contributed by atoms with Crippen LogP contribution in [0, 0.1) is 11.6 Å². The molecule has 0 radical (unpaired) electrons. The molecular formula is C24H20F2N4O4S. The van der Waals surface area contributed by atoms with Crippen molar-refractivity contribution >= 4 is 38.4 Å². The molecule has 0 aliphatic rings. The highest BCUT2D eigenvalue weighted by Gasteiger charge is 2.26. The van der Waals surface area contributed by atoms with Crippen molar-refractivity contribution < 1.29 is 26.8 Å². The van der Waals surface area contributed by atoms with Crippen LogP contribution in [-0.2, 0) is 10.0 Å². The molecule has 0 atom stereocenters. The van der Waals surface area contributed by atoms with Crippen molar-refractivity contribution in [3.8, 4) is 11.1 Å². The normalized spacial score (nSPS) is 11.5. The Hall–Kier alpha value is -4.12. The molecule has 2 aromatic heterocycles. The van der Waals surface area contributed by atoms with E-state index in [1.807, 2.05) is 0 Å². The molecule has 4 rings (SSSR count). The molecule has 2 heterocycles. The Kier molecular flexibility index (Phi) is 6.35. The van der Waals surface area contributed by atoms with Gasteiger partial charge in [0.1, 0.15) is 11.5 Å². The zero-order valence-electron chi connectivity index (χ0n) is 18.4. The van der Waals surface area contributed by atoms with Gasteiger partial charge in [-0.05, 0) is 42.3 Å². The van der Waals surface area contributed by atoms with Gasteiger partial charge in [-0.25, -0.2) is 22.2 Å². The molecule has 0 bridgehead atoms. The zero-order valence-corrected chi connectivity index (χ0v) is 19.2. The lowest BCUT2D eigenvalue weighted by atomic mass is 9.99. The Morgan fingerprint density at radius 2 is 1.89 bits per heavy atom. The molecular weight excluding hydrogens is 478 g/mol. The number of amides is 1. The summed E-state index contributed by atoms with van der Waals surface area (Å²) >= 11 is 0. The SMILES string of the molecule is CCCS(=O)(=O)Nc1ccc(F)c(C(=O)c2c[nH]c3ncc(-c4cccc(C(N)=O)c4)cc23)c1F. The van der Waals surface area contributed by atoms with Crippen LogP contribution in [0.25, 0.3) is 22.2 Å². The Balaban J connectivity index is 1.78. The van der Waals surface area contributed by atoms with Crippen molar-refractivity contribution in [2.45, 2.75) is 13.3 Å². The molecule has 1 amide bonds. The molecule has 2 aromatic carbocycles. The third-order valence-corrected chi connectivity index (χ3v) is 6.79. The molecule has 0 fully saturated rings. The molecule has 0 saturated carbocycles. The average Bonchev–Trinajstić information content (AvgIpc) is 3.24. The van der Waals surface area contributed by atoms with Gasteiger partial charge in [0, 0.05) is 34.5 Å². The Morgan fingerprint density at radius 3 is 2.60 bits per heavy atom. The first-order valence-electron chi connectivity index (χ1n) is 10.5. The van der Waals surface area contributed by atoms with Crippen LogP contribution in [0.5, 0.6) is 0 Å². The lowest BCUT2D eigenvalue weighted by Gasteiger charge is -2.11. The van der Waals surface area contributed by atoms with Gasteiger partial charge >= 0.3 is 0 Å². The van der Waals surface area contributed by atoms with Gasteiger partial charge in [0.05, 0.1) is 17.0 Å². The molecule has 180 valence electrons. The summed E-state index contributed by atoms with van der Waals surface area (Å²) in [7, 11) is -3.87. The summed E-state index contributed by atoms with van der Waals surface area (Å²) in [6, 6.07) is 9.81. The molecule has 0 aliphatic carbocycles. The fourth-order valence-corrected chi connectivity index (χ4v) is 4.79. The summed E-state index contributed by atoms with van der Waals surface area (Å²) in [4.78, 5) is 31.8. The lowest BCUT2D eigenvalue weighted by Crippen LogP contribution is -2.18. The smallest absolute Gasteiger partial charge is 0.248 e. The van der Waals surface area contributed by atoms with Gasteiger partial charge < -0.3 is 10.7 Å². The van der Waals surface area contributed by atoms with Crippen LogP contribution in [0.4, 0.5) is 14.5 Å². The van der Waals surface area contributed by atoms with E-state index < -0.39 is 44.6 Å². The van der Waals surface area contributed by atoms with E-state index in [0.29, 0.717) is 16.8 Å². The van der Waals surface area contributed by atoms with E-state index in [9.17, 15) is 22.4 Å². The van der Waals surface area contributed by atoms with E-state index in [1.54, 1.807) is 37.3 Å². The average molecular weight is 499 g/mol. The summed E-state index contributed by atoms with van der Waals surface area (Å²) in [5.74, 6) is -4.33. The van der Waals surface area contributed by atoms with Crippen LogP contribution in [0.15, 0.2) is 54.9 Å². The molecule has 0 spiro atoms. The minimum absolute atomic E-state index is 0.0632. The first-order valence-corrected chi connectivity index (χ1v) is 12.2. The molecule has 35 heavy (non-hydrogen) atoms. The van der Waals surface area contributed by atoms with Crippen molar-refractivity contribution in [3.05, 3.63) is 83.2 Å². The number of fused-ring (bicyclic) bond motifs is 1. The quantitative estimate of drug-likeness (QED) is 0.316. The monoisotopic (exact) mass is 498 g/mol.